The second kappa shape index (κ2) is 6.49. The third kappa shape index (κ3) is 2.92. The molecule has 0 N–H and O–H groups in total. The lowest BCUT2D eigenvalue weighted by Gasteiger charge is -2.00. The second-order valence-electron chi connectivity index (χ2n) is 5.54. The summed E-state index contributed by atoms with van der Waals surface area (Å²) in [7, 11) is 0. The first-order valence-electron chi connectivity index (χ1n) is 7.92. The summed E-state index contributed by atoms with van der Waals surface area (Å²) >= 11 is 1.42. The molecule has 3 aromatic heterocycles. The average molecular weight is 349 g/mol. The van der Waals surface area contributed by atoms with Gasteiger partial charge in [-0.3, -0.25) is 4.79 Å². The van der Waals surface area contributed by atoms with Crippen molar-refractivity contribution in [2.75, 3.05) is 0 Å². The first-order valence-corrected chi connectivity index (χ1v) is 8.80. The van der Waals surface area contributed by atoms with Gasteiger partial charge in [-0.25, -0.2) is 4.98 Å². The molecule has 0 unspecified atom stereocenters. The van der Waals surface area contributed by atoms with Crippen molar-refractivity contribution in [3.8, 4) is 11.3 Å². The Labute approximate surface area is 147 Å². The van der Waals surface area contributed by atoms with Crippen LogP contribution in [0.1, 0.15) is 18.1 Å². The monoisotopic (exact) mass is 349 g/mol. The number of hydrogen-bond donors (Lipinski definition) is 0. The van der Waals surface area contributed by atoms with Crippen molar-refractivity contribution in [1.29, 1.82) is 0 Å². The van der Waals surface area contributed by atoms with Gasteiger partial charge in [-0.15, -0.1) is 11.3 Å². The van der Waals surface area contributed by atoms with Crippen LogP contribution in [0.5, 0.6) is 0 Å². The Kier molecular flexibility index (Phi) is 4.03. The van der Waals surface area contributed by atoms with E-state index in [1.807, 2.05) is 23.6 Å². The maximum Gasteiger partial charge on any atom is 0.283 e. The van der Waals surface area contributed by atoms with Gasteiger partial charge in [0.25, 0.3) is 5.56 Å². The number of aryl methyl sites for hydroxylation is 1. The molecule has 0 aliphatic rings. The molecule has 4 rings (SSSR count). The average Bonchev–Trinajstić information content (AvgIpc) is 3.31. The van der Waals surface area contributed by atoms with Crippen LogP contribution in [0.2, 0.25) is 0 Å². The predicted molar refractivity (Wildman–Crippen MR) is 100 cm³/mol. The smallest absolute Gasteiger partial charge is 0.283 e. The summed E-state index contributed by atoms with van der Waals surface area (Å²) in [6, 6.07) is 11.7. The Balaban J connectivity index is 1.75. The fourth-order valence-electron chi connectivity index (χ4n) is 2.59. The van der Waals surface area contributed by atoms with Crippen molar-refractivity contribution in [2.24, 2.45) is 5.10 Å². The van der Waals surface area contributed by atoms with E-state index >= 15 is 0 Å². The lowest BCUT2D eigenvalue weighted by Crippen LogP contribution is -2.16. The molecule has 124 valence electrons. The van der Waals surface area contributed by atoms with E-state index in [0.717, 1.165) is 17.5 Å². The van der Waals surface area contributed by atoms with Crippen LogP contribution in [0.3, 0.4) is 0 Å². The van der Waals surface area contributed by atoms with Crippen LogP contribution in [0.15, 0.2) is 68.7 Å². The van der Waals surface area contributed by atoms with Gasteiger partial charge in [0.05, 0.1) is 17.9 Å². The van der Waals surface area contributed by atoms with Crippen LogP contribution in [-0.4, -0.2) is 15.9 Å². The molecule has 5 nitrogen and oxygen atoms in total. The normalized spacial score (nSPS) is 11.6. The van der Waals surface area contributed by atoms with Crippen molar-refractivity contribution in [2.45, 2.75) is 13.3 Å². The molecule has 3 heterocycles. The fraction of sp³-hybridized carbons (Fsp3) is 0.105. The van der Waals surface area contributed by atoms with E-state index in [1.54, 1.807) is 18.5 Å². The van der Waals surface area contributed by atoms with E-state index in [9.17, 15) is 4.79 Å². The van der Waals surface area contributed by atoms with E-state index in [-0.39, 0.29) is 5.56 Å². The van der Waals surface area contributed by atoms with Crippen LogP contribution in [0.25, 0.3) is 21.5 Å². The van der Waals surface area contributed by atoms with E-state index < -0.39 is 0 Å². The van der Waals surface area contributed by atoms with Crippen molar-refractivity contribution < 1.29 is 4.42 Å². The second-order valence-corrected chi connectivity index (χ2v) is 6.40. The zero-order chi connectivity index (χ0) is 17.2. The molecule has 0 radical (unpaired) electrons. The van der Waals surface area contributed by atoms with Gasteiger partial charge in [-0.05, 0) is 29.7 Å². The van der Waals surface area contributed by atoms with Crippen LogP contribution >= 0.6 is 11.3 Å². The molecule has 25 heavy (non-hydrogen) atoms. The zero-order valence-corrected chi connectivity index (χ0v) is 14.4. The molecule has 6 heteroatoms. The number of nitrogens with zero attached hydrogens (tertiary/aromatic N) is 3. The number of aromatic nitrogens is 2. The van der Waals surface area contributed by atoms with Crippen LogP contribution in [0, 0.1) is 0 Å². The van der Waals surface area contributed by atoms with Gasteiger partial charge >= 0.3 is 0 Å². The van der Waals surface area contributed by atoms with Crippen LogP contribution in [-0.2, 0) is 6.42 Å². The lowest BCUT2D eigenvalue weighted by atomic mass is 10.1. The Morgan fingerprint density at radius 2 is 2.12 bits per heavy atom. The maximum atomic E-state index is 12.8. The molecular formula is C19H15N3O2S. The largest absolute Gasteiger partial charge is 0.464 e. The van der Waals surface area contributed by atoms with Gasteiger partial charge in [0.15, 0.2) is 0 Å². The van der Waals surface area contributed by atoms with Crippen molar-refractivity contribution in [3.63, 3.8) is 0 Å². The highest BCUT2D eigenvalue weighted by molar-refractivity contribution is 7.17. The van der Waals surface area contributed by atoms with Gasteiger partial charge in [0.1, 0.15) is 16.9 Å². The number of benzene rings is 1. The Morgan fingerprint density at radius 3 is 2.84 bits per heavy atom. The van der Waals surface area contributed by atoms with Gasteiger partial charge < -0.3 is 4.42 Å². The summed E-state index contributed by atoms with van der Waals surface area (Å²) in [6.45, 7) is 2.11. The van der Waals surface area contributed by atoms with Gasteiger partial charge in [0, 0.05) is 10.9 Å². The first kappa shape index (κ1) is 15.5. The summed E-state index contributed by atoms with van der Waals surface area (Å²) in [5.41, 5.74) is 2.73. The van der Waals surface area contributed by atoms with Gasteiger partial charge in [-0.1, -0.05) is 31.2 Å². The molecule has 0 spiro atoms. The fourth-order valence-corrected chi connectivity index (χ4v) is 3.47. The summed E-state index contributed by atoms with van der Waals surface area (Å²) in [4.78, 5) is 17.8. The molecule has 0 aliphatic heterocycles. The Morgan fingerprint density at radius 1 is 1.28 bits per heavy atom. The summed E-state index contributed by atoms with van der Waals surface area (Å²) in [5.74, 6) is 0.655. The van der Waals surface area contributed by atoms with E-state index in [2.05, 4.69) is 29.1 Å². The molecule has 4 aromatic rings. The third-order valence-electron chi connectivity index (χ3n) is 3.98. The van der Waals surface area contributed by atoms with Crippen LogP contribution < -0.4 is 5.56 Å². The van der Waals surface area contributed by atoms with Gasteiger partial charge in [0.2, 0.25) is 0 Å². The number of rotatable bonds is 4. The number of hydrogen-bond acceptors (Lipinski definition) is 5. The zero-order valence-electron chi connectivity index (χ0n) is 13.5. The van der Waals surface area contributed by atoms with Gasteiger partial charge in [-0.2, -0.15) is 9.78 Å². The minimum Gasteiger partial charge on any atom is -0.464 e. The molecule has 0 saturated carbocycles. The Hall–Kier alpha value is -2.99. The maximum absolute atomic E-state index is 12.8. The molecule has 0 atom stereocenters. The summed E-state index contributed by atoms with van der Waals surface area (Å²) < 4.78 is 6.68. The molecular weight excluding hydrogens is 334 g/mol. The summed E-state index contributed by atoms with van der Waals surface area (Å²) in [6.07, 6.45) is 5.69. The Bertz CT molecular complexity index is 1090. The molecule has 1 aromatic carbocycles. The molecule has 0 aliphatic carbocycles. The van der Waals surface area contributed by atoms with E-state index in [1.165, 1.54) is 27.9 Å². The van der Waals surface area contributed by atoms with E-state index in [4.69, 9.17) is 4.42 Å². The third-order valence-corrected chi connectivity index (χ3v) is 4.87. The van der Waals surface area contributed by atoms with Crippen molar-refractivity contribution in [3.05, 3.63) is 75.8 Å². The van der Waals surface area contributed by atoms with Crippen LogP contribution in [0.4, 0.5) is 0 Å². The highest BCUT2D eigenvalue weighted by Gasteiger charge is 2.14. The molecule has 0 amide bonds. The molecule has 0 bridgehead atoms. The molecule has 0 saturated heterocycles. The SMILES string of the molecule is CCc1ccc(/C=N\n2cnc3scc(-c4ccco4)c3c2=O)cc1. The number of fused-ring (bicyclic) bond motifs is 1. The number of furan rings is 1. The highest BCUT2D eigenvalue weighted by atomic mass is 32.1. The van der Waals surface area contributed by atoms with E-state index in [0.29, 0.717) is 16.0 Å². The summed E-state index contributed by atoms with van der Waals surface area (Å²) in [5, 5.41) is 6.69. The standard InChI is InChI=1S/C19H15N3O2S/c1-2-13-5-7-14(8-6-13)10-21-22-12-20-18-17(19(22)23)15(11-25-18)16-4-3-9-24-16/h3-12H,2H2,1H3/b21-10-. The predicted octanol–water partition coefficient (Wildman–Crippen LogP) is 4.16. The van der Waals surface area contributed by atoms with Crippen molar-refractivity contribution in [1.82, 2.24) is 9.66 Å². The molecule has 0 fully saturated rings. The minimum absolute atomic E-state index is 0.209. The highest BCUT2D eigenvalue weighted by Crippen LogP contribution is 2.30. The van der Waals surface area contributed by atoms with Crippen molar-refractivity contribution >= 4 is 27.8 Å². The minimum atomic E-state index is -0.209. The lowest BCUT2D eigenvalue weighted by molar-refractivity contribution is 0.583. The quantitative estimate of drug-likeness (QED) is 0.520. The first-order chi connectivity index (χ1) is 12.3. The topological polar surface area (TPSA) is 60.4 Å². The number of thiophene rings is 1.